The molecule has 22 heavy (non-hydrogen) atoms. The highest BCUT2D eigenvalue weighted by atomic mass is 16.5. The van der Waals surface area contributed by atoms with E-state index in [0.29, 0.717) is 19.4 Å². The summed E-state index contributed by atoms with van der Waals surface area (Å²) < 4.78 is 11.9. The Labute approximate surface area is 129 Å². The lowest BCUT2D eigenvalue weighted by molar-refractivity contribution is -0.146. The van der Waals surface area contributed by atoms with E-state index in [1.54, 1.807) is 7.11 Å². The molecule has 0 saturated carbocycles. The van der Waals surface area contributed by atoms with Crippen LogP contribution < -0.4 is 4.74 Å². The van der Waals surface area contributed by atoms with E-state index in [9.17, 15) is 4.79 Å². The van der Waals surface area contributed by atoms with Gasteiger partial charge in [-0.25, -0.2) is 9.67 Å². The summed E-state index contributed by atoms with van der Waals surface area (Å²) in [5.74, 6) is 2.22. The Hall–Kier alpha value is -2.37. The number of rotatable bonds is 4. The molecule has 0 bridgehead atoms. The van der Waals surface area contributed by atoms with Crippen molar-refractivity contribution >= 4 is 5.97 Å². The van der Waals surface area contributed by atoms with Gasteiger partial charge in [-0.15, -0.1) is 0 Å². The molecule has 6 heteroatoms. The van der Waals surface area contributed by atoms with Crippen LogP contribution in [-0.4, -0.2) is 35.0 Å². The van der Waals surface area contributed by atoms with Crippen molar-refractivity contribution in [1.29, 1.82) is 0 Å². The van der Waals surface area contributed by atoms with Crippen molar-refractivity contribution in [1.82, 2.24) is 14.8 Å². The van der Waals surface area contributed by atoms with Crippen molar-refractivity contribution in [2.24, 2.45) is 5.92 Å². The van der Waals surface area contributed by atoms with E-state index in [0.717, 1.165) is 29.4 Å². The predicted octanol–water partition coefficient (Wildman–Crippen LogP) is 1.61. The molecule has 1 atom stereocenters. The van der Waals surface area contributed by atoms with Gasteiger partial charge in [0.15, 0.2) is 5.82 Å². The molecule has 3 rings (SSSR count). The van der Waals surface area contributed by atoms with Gasteiger partial charge in [-0.3, -0.25) is 4.79 Å². The van der Waals surface area contributed by atoms with Gasteiger partial charge in [0.05, 0.1) is 20.1 Å². The van der Waals surface area contributed by atoms with Crippen LogP contribution >= 0.6 is 0 Å². The largest absolute Gasteiger partial charge is 0.497 e. The second-order valence-electron chi connectivity index (χ2n) is 5.41. The number of aryl methyl sites for hydroxylation is 1. The zero-order valence-electron chi connectivity index (χ0n) is 12.8. The number of aromatic nitrogens is 3. The summed E-state index contributed by atoms with van der Waals surface area (Å²) >= 11 is 0. The van der Waals surface area contributed by atoms with Gasteiger partial charge < -0.3 is 9.47 Å². The minimum Gasteiger partial charge on any atom is -0.497 e. The van der Waals surface area contributed by atoms with Crippen molar-refractivity contribution in [2.75, 3.05) is 14.2 Å². The molecule has 0 radical (unpaired) electrons. The van der Waals surface area contributed by atoms with Gasteiger partial charge in [0.25, 0.3) is 0 Å². The Kier molecular flexibility index (Phi) is 4.09. The lowest BCUT2D eigenvalue weighted by Gasteiger charge is -2.19. The van der Waals surface area contributed by atoms with Gasteiger partial charge in [0.2, 0.25) is 0 Å². The third-order valence-electron chi connectivity index (χ3n) is 3.97. The van der Waals surface area contributed by atoms with E-state index in [-0.39, 0.29) is 11.9 Å². The van der Waals surface area contributed by atoms with Gasteiger partial charge in [-0.05, 0) is 24.1 Å². The summed E-state index contributed by atoms with van der Waals surface area (Å²) in [5, 5.41) is 4.53. The smallest absolute Gasteiger partial charge is 0.309 e. The number of carbonyl (C=O) groups is 1. The van der Waals surface area contributed by atoms with Crippen LogP contribution in [0.1, 0.15) is 23.6 Å². The fourth-order valence-corrected chi connectivity index (χ4v) is 2.73. The number of carbonyl (C=O) groups excluding carboxylic acids is 1. The maximum absolute atomic E-state index is 11.6. The van der Waals surface area contributed by atoms with Crippen LogP contribution in [0.5, 0.6) is 5.75 Å². The van der Waals surface area contributed by atoms with E-state index in [4.69, 9.17) is 9.47 Å². The Morgan fingerprint density at radius 1 is 1.32 bits per heavy atom. The van der Waals surface area contributed by atoms with Crippen molar-refractivity contribution in [3.05, 3.63) is 41.5 Å². The average molecular weight is 301 g/mol. The Bertz CT molecular complexity index is 664. The van der Waals surface area contributed by atoms with Gasteiger partial charge in [0.1, 0.15) is 11.6 Å². The molecule has 1 aromatic carbocycles. The van der Waals surface area contributed by atoms with Crippen LogP contribution in [0, 0.1) is 5.92 Å². The van der Waals surface area contributed by atoms with Crippen molar-refractivity contribution in [2.45, 2.75) is 25.8 Å². The summed E-state index contributed by atoms with van der Waals surface area (Å²) in [5.41, 5.74) is 1.13. The zero-order chi connectivity index (χ0) is 15.5. The Morgan fingerprint density at radius 3 is 2.77 bits per heavy atom. The molecule has 2 heterocycles. The third kappa shape index (κ3) is 2.95. The molecular formula is C16H19N3O3. The summed E-state index contributed by atoms with van der Waals surface area (Å²) in [7, 11) is 3.08. The number of ether oxygens (including phenoxy) is 2. The zero-order valence-corrected chi connectivity index (χ0v) is 12.8. The first kappa shape index (κ1) is 14.6. The standard InChI is InChI=1S/C16H19N3O3/c1-21-13-5-3-11(4-6-13)9-14-17-15-10-12(16(20)22-2)7-8-19(15)18-14/h3-6,12H,7-10H2,1-2H3. The fraction of sp³-hybridized carbons (Fsp3) is 0.438. The van der Waals surface area contributed by atoms with Crippen LogP contribution in [0.4, 0.5) is 0 Å². The minimum atomic E-state index is -0.161. The molecule has 0 N–H and O–H groups in total. The van der Waals surface area contributed by atoms with Gasteiger partial charge in [-0.2, -0.15) is 5.10 Å². The van der Waals surface area contributed by atoms with E-state index in [1.807, 2.05) is 28.9 Å². The number of methoxy groups -OCH3 is 2. The average Bonchev–Trinajstić information content (AvgIpc) is 2.96. The molecule has 1 aliphatic rings. The molecule has 0 aliphatic carbocycles. The third-order valence-corrected chi connectivity index (χ3v) is 3.97. The molecule has 0 amide bonds. The molecule has 2 aromatic rings. The first-order chi connectivity index (χ1) is 10.7. The Morgan fingerprint density at radius 2 is 2.09 bits per heavy atom. The highest BCUT2D eigenvalue weighted by Gasteiger charge is 2.27. The predicted molar refractivity (Wildman–Crippen MR) is 79.6 cm³/mol. The van der Waals surface area contributed by atoms with E-state index in [1.165, 1.54) is 7.11 Å². The molecule has 0 spiro atoms. The summed E-state index contributed by atoms with van der Waals surface area (Å²) in [6, 6.07) is 7.88. The highest BCUT2D eigenvalue weighted by molar-refractivity contribution is 5.72. The SMILES string of the molecule is COC(=O)C1CCn2nc(Cc3ccc(OC)cc3)nc2C1. The molecule has 0 saturated heterocycles. The highest BCUT2D eigenvalue weighted by Crippen LogP contribution is 2.21. The van der Waals surface area contributed by atoms with Crippen LogP contribution in [0.15, 0.2) is 24.3 Å². The number of fused-ring (bicyclic) bond motifs is 1. The second kappa shape index (κ2) is 6.17. The topological polar surface area (TPSA) is 66.2 Å². The van der Waals surface area contributed by atoms with Gasteiger partial charge in [0, 0.05) is 19.4 Å². The lowest BCUT2D eigenvalue weighted by Crippen LogP contribution is -2.27. The van der Waals surface area contributed by atoms with Crippen LogP contribution in [0.25, 0.3) is 0 Å². The fourth-order valence-electron chi connectivity index (χ4n) is 2.73. The van der Waals surface area contributed by atoms with Crippen LogP contribution in [0.3, 0.4) is 0 Å². The lowest BCUT2D eigenvalue weighted by atomic mass is 9.98. The molecule has 6 nitrogen and oxygen atoms in total. The van der Waals surface area contributed by atoms with Crippen LogP contribution in [-0.2, 0) is 28.9 Å². The normalized spacial score (nSPS) is 16.9. The molecular weight excluding hydrogens is 282 g/mol. The maximum atomic E-state index is 11.6. The molecule has 0 fully saturated rings. The van der Waals surface area contributed by atoms with Crippen LogP contribution in [0.2, 0.25) is 0 Å². The van der Waals surface area contributed by atoms with Crippen molar-refractivity contribution in [3.8, 4) is 5.75 Å². The number of hydrogen-bond acceptors (Lipinski definition) is 5. The Balaban J connectivity index is 1.72. The molecule has 116 valence electrons. The molecule has 1 unspecified atom stereocenters. The first-order valence-corrected chi connectivity index (χ1v) is 7.33. The van der Waals surface area contributed by atoms with Gasteiger partial charge >= 0.3 is 5.97 Å². The van der Waals surface area contributed by atoms with Crippen molar-refractivity contribution < 1.29 is 14.3 Å². The molecule has 1 aromatic heterocycles. The van der Waals surface area contributed by atoms with E-state index >= 15 is 0 Å². The van der Waals surface area contributed by atoms with E-state index < -0.39 is 0 Å². The monoisotopic (exact) mass is 301 g/mol. The van der Waals surface area contributed by atoms with E-state index in [2.05, 4.69) is 10.1 Å². The number of hydrogen-bond donors (Lipinski definition) is 0. The maximum Gasteiger partial charge on any atom is 0.309 e. The second-order valence-corrected chi connectivity index (χ2v) is 5.41. The number of benzene rings is 1. The minimum absolute atomic E-state index is 0.101. The summed E-state index contributed by atoms with van der Waals surface area (Å²) in [6.45, 7) is 0.713. The first-order valence-electron chi connectivity index (χ1n) is 7.33. The summed E-state index contributed by atoms with van der Waals surface area (Å²) in [4.78, 5) is 16.2. The summed E-state index contributed by atoms with van der Waals surface area (Å²) in [6.07, 6.45) is 2.03. The number of nitrogens with zero attached hydrogens (tertiary/aromatic N) is 3. The van der Waals surface area contributed by atoms with Gasteiger partial charge in [-0.1, -0.05) is 12.1 Å². The quantitative estimate of drug-likeness (QED) is 0.803. The molecule has 1 aliphatic heterocycles. The number of esters is 1. The van der Waals surface area contributed by atoms with Crippen molar-refractivity contribution in [3.63, 3.8) is 0 Å².